The van der Waals surface area contributed by atoms with Crippen molar-refractivity contribution in [3.8, 4) is 0 Å². The first-order chi connectivity index (χ1) is 6.26. The maximum Gasteiger partial charge on any atom is 0.0488 e. The highest BCUT2D eigenvalue weighted by Crippen LogP contribution is 2.14. The maximum absolute atomic E-state index is 5.97. The number of halogens is 2. The van der Waals surface area contributed by atoms with Gasteiger partial charge >= 0.3 is 0 Å². The fraction of sp³-hybridized carbons (Fsp3) is 0.273. The Bertz CT molecular complexity index is 234. The molecule has 0 bridgehead atoms. The quantitative estimate of drug-likeness (QED) is 0.472. The Morgan fingerprint density at radius 1 is 1.38 bits per heavy atom. The van der Waals surface area contributed by atoms with Gasteiger partial charge in [0.15, 0.2) is 0 Å². The molecule has 0 aromatic rings. The maximum atomic E-state index is 5.97. The smallest absolute Gasteiger partial charge is 0.0488 e. The van der Waals surface area contributed by atoms with Crippen LogP contribution in [0, 0.1) is 0 Å². The van der Waals surface area contributed by atoms with Gasteiger partial charge in [-0.2, -0.15) is 0 Å². The highest BCUT2D eigenvalue weighted by molar-refractivity contribution is 6.32. The van der Waals surface area contributed by atoms with Crippen molar-refractivity contribution < 1.29 is 0 Å². The van der Waals surface area contributed by atoms with E-state index in [1.165, 1.54) is 0 Å². The van der Waals surface area contributed by atoms with Crippen LogP contribution < -0.4 is 0 Å². The van der Waals surface area contributed by atoms with Crippen LogP contribution in [0.5, 0.6) is 0 Å². The molecule has 0 saturated carbocycles. The molecule has 0 nitrogen and oxygen atoms in total. The molecule has 0 aromatic heterocycles. The van der Waals surface area contributed by atoms with Crippen LogP contribution in [0.2, 0.25) is 0 Å². The van der Waals surface area contributed by atoms with Gasteiger partial charge in [0.1, 0.15) is 0 Å². The monoisotopic (exact) mass is 216 g/mol. The first-order valence-electron chi connectivity index (χ1n) is 4.16. The normalized spacial score (nSPS) is 13.8. The van der Waals surface area contributed by atoms with Crippen molar-refractivity contribution in [3.63, 3.8) is 0 Å². The van der Waals surface area contributed by atoms with Crippen molar-refractivity contribution >= 4 is 23.2 Å². The van der Waals surface area contributed by atoms with Gasteiger partial charge in [0.25, 0.3) is 0 Å². The molecule has 0 aliphatic rings. The first kappa shape index (κ1) is 12.5. The van der Waals surface area contributed by atoms with Crippen LogP contribution in [-0.4, -0.2) is 5.88 Å². The third-order valence-electron chi connectivity index (χ3n) is 1.38. The van der Waals surface area contributed by atoms with E-state index < -0.39 is 0 Å². The van der Waals surface area contributed by atoms with Crippen LogP contribution >= 0.6 is 23.2 Å². The van der Waals surface area contributed by atoms with Gasteiger partial charge in [-0.05, 0) is 18.1 Å². The minimum Gasteiger partial charge on any atom is -0.121 e. The zero-order chi connectivity index (χ0) is 10.1. The summed E-state index contributed by atoms with van der Waals surface area (Å²) in [5, 5.41) is 0.666. The fourth-order valence-electron chi connectivity index (χ4n) is 0.708. The predicted molar refractivity (Wildman–Crippen MR) is 62.4 cm³/mol. The third kappa shape index (κ3) is 5.73. The zero-order valence-corrected chi connectivity index (χ0v) is 9.28. The molecule has 0 radical (unpaired) electrons. The lowest BCUT2D eigenvalue weighted by molar-refractivity contribution is 1.22. The van der Waals surface area contributed by atoms with E-state index in [4.69, 9.17) is 23.2 Å². The van der Waals surface area contributed by atoms with Crippen molar-refractivity contribution in [2.24, 2.45) is 0 Å². The van der Waals surface area contributed by atoms with Crippen LogP contribution in [0.15, 0.2) is 47.6 Å². The number of allylic oxidation sites excluding steroid dienone is 7. The first-order valence-corrected chi connectivity index (χ1v) is 5.07. The van der Waals surface area contributed by atoms with Crippen molar-refractivity contribution in [2.45, 2.75) is 13.3 Å². The number of hydrogen-bond donors (Lipinski definition) is 0. The lowest BCUT2D eigenvalue weighted by atomic mass is 10.2. The lowest BCUT2D eigenvalue weighted by Crippen LogP contribution is -1.82. The molecule has 0 atom stereocenters. The van der Waals surface area contributed by atoms with Gasteiger partial charge in [0.05, 0.1) is 0 Å². The Balaban J connectivity index is 4.57. The standard InChI is InChI=1S/C11H14Cl2/c1-3-5-7-10(9-12)11(13)8-6-4-2/h4-8H,2-3,9H2,1H3/b7-5+,8-6-,11-10+. The molecule has 0 amide bonds. The van der Waals surface area contributed by atoms with E-state index in [0.717, 1.165) is 12.0 Å². The summed E-state index contributed by atoms with van der Waals surface area (Å²) < 4.78 is 0. The second-order valence-corrected chi connectivity index (χ2v) is 3.09. The van der Waals surface area contributed by atoms with Gasteiger partial charge < -0.3 is 0 Å². The van der Waals surface area contributed by atoms with Crippen LogP contribution in [0.25, 0.3) is 0 Å². The van der Waals surface area contributed by atoms with Crippen LogP contribution in [0.1, 0.15) is 13.3 Å². The molecule has 2 heteroatoms. The Morgan fingerprint density at radius 2 is 2.08 bits per heavy atom. The average molecular weight is 217 g/mol. The second kappa shape index (κ2) is 8.15. The summed E-state index contributed by atoms with van der Waals surface area (Å²) in [6, 6.07) is 0. The van der Waals surface area contributed by atoms with E-state index in [2.05, 4.69) is 13.5 Å². The van der Waals surface area contributed by atoms with E-state index in [-0.39, 0.29) is 0 Å². The van der Waals surface area contributed by atoms with Crippen molar-refractivity contribution in [2.75, 3.05) is 5.88 Å². The molecule has 0 aliphatic heterocycles. The molecule has 0 aliphatic carbocycles. The average Bonchev–Trinajstić information content (AvgIpc) is 2.16. The molecular weight excluding hydrogens is 203 g/mol. The van der Waals surface area contributed by atoms with Gasteiger partial charge in [0, 0.05) is 10.9 Å². The van der Waals surface area contributed by atoms with Crippen LogP contribution in [-0.2, 0) is 0 Å². The Hall–Kier alpha value is -0.460. The summed E-state index contributed by atoms with van der Waals surface area (Å²) in [5.74, 6) is 0.427. The summed E-state index contributed by atoms with van der Waals surface area (Å²) in [4.78, 5) is 0. The van der Waals surface area contributed by atoms with Crippen molar-refractivity contribution in [3.05, 3.63) is 47.6 Å². The van der Waals surface area contributed by atoms with Gasteiger partial charge in [0.2, 0.25) is 0 Å². The van der Waals surface area contributed by atoms with Gasteiger partial charge in [-0.25, -0.2) is 0 Å². The summed E-state index contributed by atoms with van der Waals surface area (Å²) in [7, 11) is 0. The molecule has 0 rings (SSSR count). The van der Waals surface area contributed by atoms with E-state index in [9.17, 15) is 0 Å². The summed E-state index contributed by atoms with van der Waals surface area (Å²) in [6.45, 7) is 5.63. The van der Waals surface area contributed by atoms with Gasteiger partial charge in [-0.1, -0.05) is 49.4 Å². The summed E-state index contributed by atoms with van der Waals surface area (Å²) in [5.41, 5.74) is 0.934. The molecular formula is C11H14Cl2. The molecule has 0 saturated heterocycles. The van der Waals surface area contributed by atoms with Crippen LogP contribution in [0.3, 0.4) is 0 Å². The Kier molecular flexibility index (Phi) is 7.86. The molecule has 0 N–H and O–H groups in total. The van der Waals surface area contributed by atoms with E-state index >= 15 is 0 Å². The van der Waals surface area contributed by atoms with E-state index in [0.29, 0.717) is 10.9 Å². The number of rotatable bonds is 5. The van der Waals surface area contributed by atoms with Gasteiger partial charge in [-0.15, -0.1) is 11.6 Å². The molecule has 72 valence electrons. The molecule has 0 fully saturated rings. The minimum absolute atomic E-state index is 0.427. The summed E-state index contributed by atoms with van der Waals surface area (Å²) >= 11 is 11.7. The molecule has 0 heterocycles. The zero-order valence-electron chi connectivity index (χ0n) is 7.76. The molecule has 13 heavy (non-hydrogen) atoms. The molecule has 0 spiro atoms. The fourth-order valence-corrected chi connectivity index (χ4v) is 1.21. The number of alkyl halides is 1. The largest absolute Gasteiger partial charge is 0.121 e. The SMILES string of the molecule is C=C\C=C/C(Cl)=C(/C=C/CC)CCl. The van der Waals surface area contributed by atoms with E-state index in [1.807, 2.05) is 12.2 Å². The Morgan fingerprint density at radius 3 is 2.54 bits per heavy atom. The highest BCUT2D eigenvalue weighted by Gasteiger charge is 1.95. The Labute approximate surface area is 90.2 Å². The third-order valence-corrected chi connectivity index (χ3v) is 2.04. The molecule has 0 aromatic carbocycles. The van der Waals surface area contributed by atoms with E-state index in [1.54, 1.807) is 18.2 Å². The van der Waals surface area contributed by atoms with Crippen molar-refractivity contribution in [1.82, 2.24) is 0 Å². The summed E-state index contributed by atoms with van der Waals surface area (Å²) in [6.07, 6.45) is 10.2. The lowest BCUT2D eigenvalue weighted by Gasteiger charge is -1.97. The van der Waals surface area contributed by atoms with Crippen molar-refractivity contribution in [1.29, 1.82) is 0 Å². The number of hydrogen-bond acceptors (Lipinski definition) is 0. The minimum atomic E-state index is 0.427. The second-order valence-electron chi connectivity index (χ2n) is 2.41. The molecule has 0 unspecified atom stereocenters. The van der Waals surface area contributed by atoms with Gasteiger partial charge in [-0.3, -0.25) is 0 Å². The van der Waals surface area contributed by atoms with Crippen LogP contribution in [0.4, 0.5) is 0 Å². The topological polar surface area (TPSA) is 0 Å². The predicted octanol–water partition coefficient (Wildman–Crippen LogP) is 4.43. The highest BCUT2D eigenvalue weighted by atomic mass is 35.5.